The number of amides is 1. The fourth-order valence-corrected chi connectivity index (χ4v) is 3.61. The van der Waals surface area contributed by atoms with Crippen LogP contribution in [0.2, 0.25) is 0 Å². The summed E-state index contributed by atoms with van der Waals surface area (Å²) in [5.41, 5.74) is 0.287. The summed E-state index contributed by atoms with van der Waals surface area (Å²) in [5, 5.41) is 13.7. The van der Waals surface area contributed by atoms with E-state index < -0.39 is 29.7 Å². The van der Waals surface area contributed by atoms with Gasteiger partial charge in [-0.3, -0.25) is 9.59 Å². The first-order valence-electron chi connectivity index (χ1n) is 8.97. The molecule has 2 N–H and O–H groups in total. The summed E-state index contributed by atoms with van der Waals surface area (Å²) < 4.78 is 43.2. The minimum Gasteiger partial charge on any atom is -0.497 e. The Morgan fingerprint density at radius 1 is 1.13 bits per heavy atom. The topological polar surface area (TPSA) is 88.5 Å². The number of halogens is 3. The van der Waals surface area contributed by atoms with Crippen LogP contribution in [0.5, 0.6) is 5.75 Å². The van der Waals surface area contributed by atoms with Crippen LogP contribution in [0.1, 0.15) is 34.1 Å². The molecule has 0 saturated carbocycles. The van der Waals surface area contributed by atoms with Gasteiger partial charge >= 0.3 is 12.1 Å². The van der Waals surface area contributed by atoms with Crippen LogP contribution in [0, 0.1) is 0 Å². The third kappa shape index (κ3) is 5.60. The molecule has 0 saturated heterocycles. The van der Waals surface area contributed by atoms with E-state index in [4.69, 9.17) is 4.74 Å². The molecule has 0 fully saturated rings. The highest BCUT2D eigenvalue weighted by Crippen LogP contribution is 2.32. The predicted molar refractivity (Wildman–Crippen MR) is 108 cm³/mol. The Balaban J connectivity index is 1.77. The van der Waals surface area contributed by atoms with E-state index in [0.29, 0.717) is 21.9 Å². The summed E-state index contributed by atoms with van der Waals surface area (Å²) in [4.78, 5) is 28.1. The highest BCUT2D eigenvalue weighted by atomic mass is 32.1. The summed E-state index contributed by atoms with van der Waals surface area (Å²) in [7, 11) is 1.50. The zero-order valence-electron chi connectivity index (χ0n) is 16.1. The number of benzene rings is 2. The van der Waals surface area contributed by atoms with Crippen molar-refractivity contribution in [2.24, 2.45) is 0 Å². The molecule has 2 aromatic carbocycles. The minimum atomic E-state index is -4.44. The number of aliphatic carboxylic acids is 1. The molecule has 31 heavy (non-hydrogen) atoms. The highest BCUT2D eigenvalue weighted by Gasteiger charge is 2.30. The summed E-state index contributed by atoms with van der Waals surface area (Å²) in [6.45, 7) is 0. The number of methoxy groups -OCH3 is 1. The molecule has 1 atom stereocenters. The maximum absolute atomic E-state index is 12.7. The highest BCUT2D eigenvalue weighted by molar-refractivity contribution is 7.13. The second kappa shape index (κ2) is 9.17. The summed E-state index contributed by atoms with van der Waals surface area (Å²) in [6.07, 6.45) is -4.78. The van der Waals surface area contributed by atoms with Gasteiger partial charge in [0.15, 0.2) is 0 Å². The van der Waals surface area contributed by atoms with Gasteiger partial charge in [0.2, 0.25) is 0 Å². The first-order chi connectivity index (χ1) is 14.7. The number of hydrogen-bond acceptors (Lipinski definition) is 5. The first kappa shape index (κ1) is 22.3. The number of carboxylic acids is 1. The van der Waals surface area contributed by atoms with Crippen LogP contribution >= 0.6 is 11.3 Å². The summed E-state index contributed by atoms with van der Waals surface area (Å²) in [5.74, 6) is -1.09. The number of carbonyl (C=O) groups is 2. The molecule has 3 rings (SSSR count). The number of nitrogens with zero attached hydrogens (tertiary/aromatic N) is 1. The van der Waals surface area contributed by atoms with Gasteiger partial charge in [-0.2, -0.15) is 13.2 Å². The van der Waals surface area contributed by atoms with Gasteiger partial charge in [-0.15, -0.1) is 11.3 Å². The lowest BCUT2D eigenvalue weighted by atomic mass is 10.0. The van der Waals surface area contributed by atoms with Crippen molar-refractivity contribution in [1.82, 2.24) is 10.3 Å². The van der Waals surface area contributed by atoms with Gasteiger partial charge in [0, 0.05) is 10.9 Å². The largest absolute Gasteiger partial charge is 0.497 e. The minimum absolute atomic E-state index is 0.0452. The summed E-state index contributed by atoms with van der Waals surface area (Å²) >= 11 is 1.10. The third-order valence-electron chi connectivity index (χ3n) is 4.40. The molecule has 162 valence electrons. The van der Waals surface area contributed by atoms with Gasteiger partial charge in [0.05, 0.1) is 25.1 Å². The SMILES string of the molecule is COc1ccc([C@H](CC(=O)O)NC(=O)c2csc(-c3ccc(C(F)(F)F)cc3)n2)cc1. The predicted octanol–water partition coefficient (Wildman–Crippen LogP) is 4.78. The molecule has 0 spiro atoms. The Kier molecular flexibility index (Phi) is 6.59. The molecule has 3 aromatic rings. The molecular formula is C21H17F3N2O4S. The normalized spacial score (nSPS) is 12.3. The molecule has 1 heterocycles. The van der Waals surface area contributed by atoms with E-state index in [1.807, 2.05) is 0 Å². The van der Waals surface area contributed by atoms with Crippen molar-refractivity contribution in [3.63, 3.8) is 0 Å². The molecule has 6 nitrogen and oxygen atoms in total. The molecule has 0 aliphatic carbocycles. The Morgan fingerprint density at radius 2 is 1.77 bits per heavy atom. The lowest BCUT2D eigenvalue weighted by Gasteiger charge is -2.17. The van der Waals surface area contributed by atoms with Crippen molar-refractivity contribution in [2.75, 3.05) is 7.11 Å². The average molecular weight is 450 g/mol. The van der Waals surface area contributed by atoms with E-state index in [2.05, 4.69) is 10.3 Å². The molecule has 1 amide bonds. The van der Waals surface area contributed by atoms with Crippen LogP contribution in [0.25, 0.3) is 10.6 Å². The molecule has 0 aliphatic heterocycles. The zero-order valence-corrected chi connectivity index (χ0v) is 17.0. The lowest BCUT2D eigenvalue weighted by Crippen LogP contribution is -2.30. The number of ether oxygens (including phenoxy) is 1. The number of carboxylic acid groups (broad SMARTS) is 1. The quantitative estimate of drug-likeness (QED) is 0.541. The van der Waals surface area contributed by atoms with Crippen LogP contribution in [0.15, 0.2) is 53.9 Å². The van der Waals surface area contributed by atoms with Gasteiger partial charge in [-0.05, 0) is 29.8 Å². The number of rotatable bonds is 7. The van der Waals surface area contributed by atoms with Gasteiger partial charge < -0.3 is 15.2 Å². The van der Waals surface area contributed by atoms with Crippen LogP contribution in [-0.2, 0) is 11.0 Å². The smallest absolute Gasteiger partial charge is 0.416 e. The number of aromatic nitrogens is 1. The molecular weight excluding hydrogens is 433 g/mol. The number of carbonyl (C=O) groups excluding carboxylic acids is 1. The van der Waals surface area contributed by atoms with Crippen molar-refractivity contribution < 1.29 is 32.6 Å². The van der Waals surface area contributed by atoms with Crippen molar-refractivity contribution in [3.8, 4) is 16.3 Å². The molecule has 0 radical (unpaired) electrons. The first-order valence-corrected chi connectivity index (χ1v) is 9.85. The number of thiazole rings is 1. The number of hydrogen-bond donors (Lipinski definition) is 2. The van der Waals surface area contributed by atoms with Crippen molar-refractivity contribution >= 4 is 23.2 Å². The maximum Gasteiger partial charge on any atom is 0.416 e. The van der Waals surface area contributed by atoms with Gasteiger partial charge in [-0.1, -0.05) is 24.3 Å². The van der Waals surface area contributed by atoms with Crippen LogP contribution in [0.4, 0.5) is 13.2 Å². The molecule has 0 bridgehead atoms. The zero-order chi connectivity index (χ0) is 22.6. The van der Waals surface area contributed by atoms with Crippen molar-refractivity contribution in [3.05, 3.63) is 70.7 Å². The maximum atomic E-state index is 12.7. The van der Waals surface area contributed by atoms with E-state index in [-0.39, 0.29) is 12.1 Å². The standard InChI is InChI=1S/C21H17F3N2O4S/c1-30-15-8-4-12(5-9-15)16(10-18(27)28)25-19(29)17-11-31-20(26-17)13-2-6-14(7-3-13)21(22,23)24/h2-9,11,16H,10H2,1H3,(H,25,29)(H,27,28)/t16-/m0/s1. The van der Waals surface area contributed by atoms with E-state index in [9.17, 15) is 27.9 Å². The molecule has 0 aliphatic rings. The van der Waals surface area contributed by atoms with E-state index >= 15 is 0 Å². The Hall–Kier alpha value is -3.40. The average Bonchev–Trinajstić information content (AvgIpc) is 3.23. The third-order valence-corrected chi connectivity index (χ3v) is 5.29. The molecule has 0 unspecified atom stereocenters. The van der Waals surface area contributed by atoms with E-state index in [1.54, 1.807) is 24.3 Å². The fourth-order valence-electron chi connectivity index (χ4n) is 2.81. The van der Waals surface area contributed by atoms with Crippen LogP contribution in [0.3, 0.4) is 0 Å². The number of alkyl halides is 3. The van der Waals surface area contributed by atoms with Crippen molar-refractivity contribution in [2.45, 2.75) is 18.6 Å². The van der Waals surface area contributed by atoms with Gasteiger partial charge in [0.1, 0.15) is 16.5 Å². The summed E-state index contributed by atoms with van der Waals surface area (Å²) in [6, 6.07) is 10.3. The number of nitrogens with one attached hydrogen (secondary N) is 1. The van der Waals surface area contributed by atoms with E-state index in [0.717, 1.165) is 23.5 Å². The second-order valence-corrected chi connectivity index (χ2v) is 7.37. The second-order valence-electron chi connectivity index (χ2n) is 6.51. The van der Waals surface area contributed by atoms with Crippen LogP contribution < -0.4 is 10.1 Å². The molecule has 1 aromatic heterocycles. The van der Waals surface area contributed by atoms with E-state index in [1.165, 1.54) is 24.6 Å². The lowest BCUT2D eigenvalue weighted by molar-refractivity contribution is -0.138. The Bertz CT molecular complexity index is 1060. The Morgan fingerprint density at radius 3 is 2.32 bits per heavy atom. The Labute approximate surface area is 179 Å². The monoisotopic (exact) mass is 450 g/mol. The van der Waals surface area contributed by atoms with Crippen molar-refractivity contribution in [1.29, 1.82) is 0 Å². The van der Waals surface area contributed by atoms with Gasteiger partial charge in [0.25, 0.3) is 5.91 Å². The fraction of sp³-hybridized carbons (Fsp3) is 0.190. The van der Waals surface area contributed by atoms with Gasteiger partial charge in [-0.25, -0.2) is 4.98 Å². The van der Waals surface area contributed by atoms with Crippen LogP contribution in [-0.4, -0.2) is 29.1 Å². The molecule has 10 heteroatoms.